The summed E-state index contributed by atoms with van der Waals surface area (Å²) in [4.78, 5) is 25.6. The van der Waals surface area contributed by atoms with Gasteiger partial charge in [-0.3, -0.25) is 4.79 Å². The number of nitrogens with zero attached hydrogens (tertiary/aromatic N) is 1. The molecular formula is C35H55ClFmN3O3-. The SMILES string of the molecule is C=C(C)/C=C\C(Cl)=C(C)C.C=C(C)CN(CC(=C)C)C(=O)C(Cc1ccc(OCCCCCCN)cc1)N[C-]=O.CC.[Fm]. The third kappa shape index (κ3) is 23.2. The minimum absolute atomic E-state index is 0. The van der Waals surface area contributed by atoms with E-state index in [9.17, 15) is 9.59 Å². The van der Waals surface area contributed by atoms with Gasteiger partial charge in [0.05, 0.1) is 12.6 Å². The van der Waals surface area contributed by atoms with Crippen molar-refractivity contribution in [3.8, 4) is 5.75 Å². The first-order valence-electron chi connectivity index (χ1n) is 14.7. The van der Waals surface area contributed by atoms with Crippen molar-refractivity contribution < 1.29 is 14.3 Å². The summed E-state index contributed by atoms with van der Waals surface area (Å²) >= 11 is 5.81. The molecule has 1 unspecified atom stereocenters. The van der Waals surface area contributed by atoms with Gasteiger partial charge in [0.1, 0.15) is 5.75 Å². The van der Waals surface area contributed by atoms with Crippen molar-refractivity contribution in [2.75, 3.05) is 26.2 Å². The Balaban J connectivity index is -0.00000104. The maximum atomic E-state index is 13.0. The molecule has 1 rings (SSSR count). The summed E-state index contributed by atoms with van der Waals surface area (Å²) in [7, 11) is 0. The van der Waals surface area contributed by atoms with Crippen molar-refractivity contribution in [1.82, 2.24) is 10.2 Å². The molecule has 248 valence electrons. The third-order valence-electron chi connectivity index (χ3n) is 5.49. The smallest absolute Gasteiger partial charge is 0.243 e. The van der Waals surface area contributed by atoms with E-state index in [0.717, 1.165) is 70.9 Å². The monoisotopic (exact) mass is 857 g/mol. The quantitative estimate of drug-likeness (QED) is 0.0519. The fourth-order valence-electron chi connectivity index (χ4n) is 3.48. The molecule has 2 amide bonds. The zero-order valence-corrected chi connectivity index (χ0v) is 30.6. The fourth-order valence-corrected chi connectivity index (χ4v) is 3.55. The van der Waals surface area contributed by atoms with E-state index in [4.69, 9.17) is 22.1 Å². The molecule has 6 nitrogen and oxygen atoms in total. The fraction of sp³-hybridized carbons (Fsp3) is 0.486. The minimum atomic E-state index is -0.699. The Kier molecular flexibility index (Phi) is 27.0. The average Bonchev–Trinajstić information content (AvgIpc) is 2.94. The van der Waals surface area contributed by atoms with E-state index in [0.29, 0.717) is 26.1 Å². The van der Waals surface area contributed by atoms with Crippen LogP contribution in [-0.4, -0.2) is 49.5 Å². The predicted molar refractivity (Wildman–Crippen MR) is 182 cm³/mol. The number of hydrogen-bond acceptors (Lipinski definition) is 4. The van der Waals surface area contributed by atoms with Crippen LogP contribution in [0.3, 0.4) is 0 Å². The average molecular weight is 858 g/mol. The van der Waals surface area contributed by atoms with E-state index in [1.807, 2.05) is 84.9 Å². The molecule has 1 aromatic rings. The van der Waals surface area contributed by atoms with Gasteiger partial charge in [0.2, 0.25) is 5.91 Å². The van der Waals surface area contributed by atoms with Crippen molar-refractivity contribution in [3.63, 3.8) is 0 Å². The zero-order valence-electron chi connectivity index (χ0n) is 27.4. The Morgan fingerprint density at radius 2 is 1.51 bits per heavy atom. The van der Waals surface area contributed by atoms with Crippen LogP contribution in [0.1, 0.15) is 79.7 Å². The largest absolute Gasteiger partial charge is 0.520 e. The summed E-state index contributed by atoms with van der Waals surface area (Å²) in [6.07, 6.45) is 10.1. The van der Waals surface area contributed by atoms with Gasteiger partial charge in [0.15, 0.2) is 0 Å². The number of hydrogen-bond donors (Lipinski definition) is 2. The van der Waals surface area contributed by atoms with Crippen LogP contribution in [0.5, 0.6) is 5.75 Å². The first kappa shape index (κ1) is 43.4. The molecule has 0 radical (unpaired) electrons. The molecule has 3 N–H and O–H groups in total. The van der Waals surface area contributed by atoms with E-state index < -0.39 is 6.04 Å². The summed E-state index contributed by atoms with van der Waals surface area (Å²) in [6, 6.07) is 6.91. The second-order valence-electron chi connectivity index (χ2n) is 10.3. The topological polar surface area (TPSA) is 84.7 Å². The van der Waals surface area contributed by atoms with Crippen molar-refractivity contribution in [3.05, 3.63) is 89.0 Å². The van der Waals surface area contributed by atoms with Gasteiger partial charge in [-0.15, -0.1) is 0 Å². The van der Waals surface area contributed by atoms with Crippen LogP contribution in [0.15, 0.2) is 83.5 Å². The standard InChI is InChI=1S/C24H36N3O3.C9H13Cl.C2H6.Fm/c1-19(2)16-27(17-20(3)4)24(29)23(26-18-28)15-21-9-11-22(12-10-21)30-14-8-6-5-7-13-25;1-7(2)5-6-9(10)8(3)4;1-2;/h9-12,23H,1,3,5-8,13-17,25H2,2,4H3,(H,26,28);5-6H,1H2,2-4H3;1-2H3;/q-1;;;/b;6-5-;;. The Bertz CT molecular complexity index is 1000. The molecule has 1 aromatic carbocycles. The Morgan fingerprint density at radius 1 is 0.977 bits per heavy atom. The molecule has 0 saturated carbocycles. The maximum Gasteiger partial charge on any atom is 0.243 e. The second kappa shape index (κ2) is 26.8. The number of allylic oxidation sites excluding steroid dienone is 5. The Morgan fingerprint density at radius 3 is 1.95 bits per heavy atom. The van der Waals surface area contributed by atoms with Gasteiger partial charge >= 0.3 is 0 Å². The Labute approximate surface area is 261 Å². The number of rotatable bonds is 18. The molecule has 1 atom stereocenters. The molecule has 0 spiro atoms. The number of halogens is 1. The van der Waals surface area contributed by atoms with Gasteiger partial charge in [0, 0.05) is 18.1 Å². The predicted octanol–water partition coefficient (Wildman–Crippen LogP) is 7.81. The molecule has 0 aromatic heterocycles. The molecular weight excluding hydrogens is 803 g/mol. The molecule has 43 heavy (non-hydrogen) atoms. The van der Waals surface area contributed by atoms with Crippen LogP contribution in [0.2, 0.25) is 0 Å². The van der Waals surface area contributed by atoms with Crippen LogP contribution in [-0.2, 0) is 16.0 Å². The summed E-state index contributed by atoms with van der Waals surface area (Å²) < 4.78 is 5.76. The number of ether oxygens (including phenoxy) is 1. The molecule has 0 heterocycles. The molecule has 0 saturated heterocycles. The normalized spacial score (nSPS) is 10.4. The van der Waals surface area contributed by atoms with E-state index in [1.54, 1.807) is 11.3 Å². The summed E-state index contributed by atoms with van der Waals surface area (Å²) in [5.41, 5.74) is 10.3. The number of nitrogens with two attached hydrogens (primary N) is 1. The molecule has 0 fully saturated rings. The number of amides is 2. The second-order valence-corrected chi connectivity index (χ2v) is 10.7. The van der Waals surface area contributed by atoms with E-state index in [1.165, 1.54) is 0 Å². The van der Waals surface area contributed by atoms with Gasteiger partial charge in [-0.05, 0) is 84.2 Å². The first-order chi connectivity index (χ1) is 19.9. The van der Waals surface area contributed by atoms with Gasteiger partial charge in [-0.1, -0.05) is 98.5 Å². The number of unbranched alkanes of at least 4 members (excludes halogenated alkanes) is 3. The summed E-state index contributed by atoms with van der Waals surface area (Å²) in [6.45, 7) is 27.4. The van der Waals surface area contributed by atoms with Crippen molar-refractivity contribution in [2.24, 2.45) is 5.73 Å². The van der Waals surface area contributed by atoms with Crippen LogP contribution in [0, 0.1) is 0 Å². The van der Waals surface area contributed by atoms with Gasteiger partial charge in [-0.25, -0.2) is 0 Å². The van der Waals surface area contributed by atoms with Crippen molar-refractivity contribution in [2.45, 2.75) is 86.6 Å². The molecule has 0 aliphatic heterocycles. The summed E-state index contributed by atoms with van der Waals surface area (Å²) in [5, 5.41) is 3.33. The van der Waals surface area contributed by atoms with Crippen LogP contribution in [0.4, 0.5) is 0 Å². The van der Waals surface area contributed by atoms with Gasteiger partial charge in [-0.2, -0.15) is 6.41 Å². The minimum Gasteiger partial charge on any atom is -0.520 e. The molecule has 8 heteroatoms. The number of carbonyl (C=O) groups excluding carboxylic acids is 2. The molecule has 0 bridgehead atoms. The zero-order chi connectivity index (χ0) is 32.5. The molecule has 0 aliphatic rings. The van der Waals surface area contributed by atoms with Crippen LogP contribution >= 0.6 is 11.6 Å². The van der Waals surface area contributed by atoms with Crippen molar-refractivity contribution >= 4 is 23.9 Å². The Hall–Kier alpha value is -4.09. The van der Waals surface area contributed by atoms with Crippen LogP contribution < -0.4 is 15.8 Å². The summed E-state index contributed by atoms with van der Waals surface area (Å²) in [5.74, 6) is 0.615. The molecule has 0 aliphatic carbocycles. The van der Waals surface area contributed by atoms with Crippen molar-refractivity contribution in [1.29, 1.82) is 0 Å². The number of nitrogens with one attached hydrogen (secondary N) is 1. The first-order valence-corrected chi connectivity index (χ1v) is 15.1. The van der Waals surface area contributed by atoms with E-state index in [-0.39, 0.29) is 5.91 Å². The number of benzene rings is 1. The van der Waals surface area contributed by atoms with E-state index in [2.05, 4.69) is 25.1 Å². The van der Waals surface area contributed by atoms with E-state index >= 15 is 0 Å². The third-order valence-corrected chi connectivity index (χ3v) is 5.99. The van der Waals surface area contributed by atoms with Gasteiger partial charge in [0.25, 0.3) is 0 Å². The number of carbonyl (C=O) groups is 1. The van der Waals surface area contributed by atoms with Crippen LogP contribution in [0.25, 0.3) is 0 Å². The van der Waals surface area contributed by atoms with Gasteiger partial charge < -0.3 is 25.5 Å². The maximum absolute atomic E-state index is 13.0.